The summed E-state index contributed by atoms with van der Waals surface area (Å²) in [4.78, 5) is 0. The monoisotopic (exact) mass is 477 g/mol. The fourth-order valence-electron chi connectivity index (χ4n) is 2.27. The van der Waals surface area contributed by atoms with Crippen molar-refractivity contribution >= 4 is 0 Å². The molecule has 0 radical (unpaired) electrons. The Morgan fingerprint density at radius 3 is 1.79 bits per heavy atom. The van der Waals surface area contributed by atoms with Crippen LogP contribution in [0.3, 0.4) is 0 Å². The van der Waals surface area contributed by atoms with Gasteiger partial charge in [-0.1, -0.05) is 97.4 Å². The highest BCUT2D eigenvalue weighted by molar-refractivity contribution is 5.50. The molecule has 34 heavy (non-hydrogen) atoms. The van der Waals surface area contributed by atoms with E-state index in [-0.39, 0.29) is 13.1 Å². The second-order valence-corrected chi connectivity index (χ2v) is 7.18. The summed E-state index contributed by atoms with van der Waals surface area (Å²) < 4.78 is 0. The van der Waals surface area contributed by atoms with Gasteiger partial charge in [-0.2, -0.15) is 0 Å². The van der Waals surface area contributed by atoms with Gasteiger partial charge in [-0.15, -0.1) is 5.73 Å². The van der Waals surface area contributed by atoms with E-state index in [1.165, 1.54) is 17.6 Å². The maximum atomic E-state index is 5.82. The van der Waals surface area contributed by atoms with Gasteiger partial charge < -0.3 is 23.1 Å². The molecule has 200 valence electrons. The lowest BCUT2D eigenvalue weighted by atomic mass is 9.96. The standard InChI is InChI=1S/C16H21N.C5H8.C4H8.C3H9N.C2H6.H3N.H2O.H2/c1-6-11(3)15(13(5)17)10-16-12(4)8-9-14(16)7-2;1-3-5-4-2;1-3-4-2;1-3(2)4;1-2;;;/h7,10,12H,1-2,5,8-9,17H2,3-4H3;3-5H,1H2,2H3;3-4H,1-2H3;3H,4H2,1-2H3;1-2H3;1H3;1H2;1H/b15-10+;5-4-;4-3-;;;;;/t12-;;;;;;;/m1......./s1. The normalized spacial score (nSPS) is 13.7. The Balaban J connectivity index is -0.0000000729. The van der Waals surface area contributed by atoms with Crippen molar-refractivity contribution in [2.45, 2.75) is 81.2 Å². The third kappa shape index (κ3) is 27.4. The van der Waals surface area contributed by atoms with Crippen molar-refractivity contribution in [3.63, 3.8) is 0 Å². The lowest BCUT2D eigenvalue weighted by Gasteiger charge is -2.10. The average molecular weight is 478 g/mol. The molecule has 0 fully saturated rings. The lowest BCUT2D eigenvalue weighted by Crippen LogP contribution is -2.06. The first kappa shape index (κ1) is 45.0. The van der Waals surface area contributed by atoms with Gasteiger partial charge in [0.05, 0.1) is 0 Å². The van der Waals surface area contributed by atoms with Crippen LogP contribution in [-0.4, -0.2) is 11.5 Å². The minimum Gasteiger partial charge on any atom is -0.412 e. The summed E-state index contributed by atoms with van der Waals surface area (Å²) in [7, 11) is 0. The summed E-state index contributed by atoms with van der Waals surface area (Å²) in [6.45, 7) is 32.8. The van der Waals surface area contributed by atoms with E-state index in [1.807, 2.05) is 85.8 Å². The van der Waals surface area contributed by atoms with Gasteiger partial charge in [-0.25, -0.2) is 0 Å². The maximum Gasteiger partial charge on any atom is 0.0323 e. The summed E-state index contributed by atoms with van der Waals surface area (Å²) in [5.74, 6) is 0.551. The molecule has 1 aliphatic carbocycles. The summed E-state index contributed by atoms with van der Waals surface area (Å²) in [6, 6.07) is 0.333. The van der Waals surface area contributed by atoms with Crippen LogP contribution in [-0.2, 0) is 0 Å². The van der Waals surface area contributed by atoms with E-state index in [0.717, 1.165) is 17.6 Å². The van der Waals surface area contributed by atoms with E-state index in [2.05, 4.69) is 45.0 Å². The number of rotatable bonds is 5. The molecule has 0 heterocycles. The quantitative estimate of drug-likeness (QED) is 0.210. The fourth-order valence-corrected chi connectivity index (χ4v) is 2.27. The third-order valence-electron chi connectivity index (χ3n) is 3.97. The number of hydrogen-bond donors (Lipinski definition) is 3. The van der Waals surface area contributed by atoms with Gasteiger partial charge in [0.1, 0.15) is 0 Å². The highest BCUT2D eigenvalue weighted by Gasteiger charge is 2.19. The highest BCUT2D eigenvalue weighted by Crippen LogP contribution is 2.34. The van der Waals surface area contributed by atoms with E-state index in [0.29, 0.717) is 17.7 Å². The molecule has 0 saturated heterocycles. The lowest BCUT2D eigenvalue weighted by molar-refractivity contribution is 0.680. The molecule has 4 nitrogen and oxygen atoms in total. The first-order valence-corrected chi connectivity index (χ1v) is 11.5. The van der Waals surface area contributed by atoms with E-state index >= 15 is 0 Å². The molecule has 0 spiro atoms. The zero-order valence-electron chi connectivity index (χ0n) is 23.8. The van der Waals surface area contributed by atoms with Crippen LogP contribution >= 0.6 is 0 Å². The molecule has 0 amide bonds. The minimum absolute atomic E-state index is 0. The molecule has 0 saturated carbocycles. The van der Waals surface area contributed by atoms with Gasteiger partial charge in [-0.05, 0) is 75.3 Å². The third-order valence-corrected chi connectivity index (χ3v) is 3.97. The van der Waals surface area contributed by atoms with Crippen molar-refractivity contribution in [1.29, 1.82) is 0 Å². The SMILES string of the molecule is C/C=C\C.C=C/C=C\C.C=C=C(C)/C(=C\C1=C(C=C)CC[C@H]1C)C(=C)N.CC.CC(C)N.N.O.[HH]. The zero-order chi connectivity index (χ0) is 26.1. The Morgan fingerprint density at radius 1 is 1.12 bits per heavy atom. The molecule has 9 N–H and O–H groups in total. The predicted octanol–water partition coefficient (Wildman–Crippen LogP) is 8.32. The van der Waals surface area contributed by atoms with Crippen molar-refractivity contribution in [1.82, 2.24) is 6.15 Å². The number of allylic oxidation sites excluding steroid dienone is 10. The van der Waals surface area contributed by atoms with Crippen molar-refractivity contribution in [3.8, 4) is 0 Å². The first-order valence-electron chi connectivity index (χ1n) is 11.5. The Bertz CT molecular complexity index is 686. The van der Waals surface area contributed by atoms with Crippen LogP contribution in [0.1, 0.15) is 76.6 Å². The molecule has 0 unspecified atom stereocenters. The van der Waals surface area contributed by atoms with Crippen LogP contribution in [0.5, 0.6) is 0 Å². The maximum absolute atomic E-state index is 5.82. The van der Waals surface area contributed by atoms with E-state index in [4.69, 9.17) is 11.5 Å². The van der Waals surface area contributed by atoms with Crippen LogP contribution < -0.4 is 17.6 Å². The van der Waals surface area contributed by atoms with Gasteiger partial charge in [0.15, 0.2) is 0 Å². The Labute approximate surface area is 214 Å². The highest BCUT2D eigenvalue weighted by atomic mass is 16.0. The minimum atomic E-state index is 0. The Hall–Kier alpha value is -2.62. The Kier molecular flexibility index (Phi) is 43.1. The van der Waals surface area contributed by atoms with E-state index < -0.39 is 0 Å². The summed E-state index contributed by atoms with van der Waals surface area (Å²) in [5.41, 5.74) is 18.9. The van der Waals surface area contributed by atoms with Crippen LogP contribution in [0.2, 0.25) is 0 Å². The summed E-state index contributed by atoms with van der Waals surface area (Å²) in [5, 5.41) is 0. The van der Waals surface area contributed by atoms with E-state index in [9.17, 15) is 0 Å². The molecule has 1 rings (SSSR count). The predicted molar refractivity (Wildman–Crippen MR) is 162 cm³/mol. The van der Waals surface area contributed by atoms with Gasteiger partial charge in [0.2, 0.25) is 0 Å². The van der Waals surface area contributed by atoms with Crippen LogP contribution in [0.25, 0.3) is 0 Å². The molecular formula is C30H59N3O. The molecular weight excluding hydrogens is 418 g/mol. The molecule has 0 aromatic carbocycles. The number of hydrogen-bond acceptors (Lipinski definition) is 3. The smallest absolute Gasteiger partial charge is 0.0323 e. The largest absolute Gasteiger partial charge is 0.412 e. The number of nitrogens with two attached hydrogens (primary N) is 2. The fraction of sp³-hybridized carbons (Fsp3) is 0.433. The topological polar surface area (TPSA) is 119 Å². The second kappa shape index (κ2) is 32.6. The van der Waals surface area contributed by atoms with Crippen LogP contribution in [0, 0.1) is 5.92 Å². The Morgan fingerprint density at radius 2 is 1.56 bits per heavy atom. The first-order chi connectivity index (χ1) is 15.1. The van der Waals surface area contributed by atoms with Crippen LogP contribution in [0.15, 0.2) is 103 Å². The molecule has 0 aromatic heterocycles. The summed E-state index contributed by atoms with van der Waals surface area (Å²) >= 11 is 0. The average Bonchev–Trinajstić information content (AvgIpc) is 3.12. The van der Waals surface area contributed by atoms with Gasteiger partial charge in [0.25, 0.3) is 0 Å². The van der Waals surface area contributed by atoms with Gasteiger partial charge in [-0.3, -0.25) is 0 Å². The summed E-state index contributed by atoms with van der Waals surface area (Å²) in [6.07, 6.45) is 15.9. The molecule has 0 aliphatic heterocycles. The van der Waals surface area contributed by atoms with Crippen LogP contribution in [0.4, 0.5) is 0 Å². The van der Waals surface area contributed by atoms with Crippen molar-refractivity contribution in [3.05, 3.63) is 103 Å². The van der Waals surface area contributed by atoms with Crippen molar-refractivity contribution in [2.75, 3.05) is 0 Å². The molecule has 4 heteroatoms. The van der Waals surface area contributed by atoms with Crippen molar-refractivity contribution in [2.24, 2.45) is 17.4 Å². The van der Waals surface area contributed by atoms with Gasteiger partial charge >= 0.3 is 0 Å². The molecule has 1 aliphatic rings. The van der Waals surface area contributed by atoms with E-state index in [1.54, 1.807) is 6.08 Å². The van der Waals surface area contributed by atoms with Gasteiger partial charge in [0, 0.05) is 12.7 Å². The zero-order valence-corrected chi connectivity index (χ0v) is 23.8. The second-order valence-electron chi connectivity index (χ2n) is 7.18. The van der Waals surface area contributed by atoms with Crippen molar-refractivity contribution < 1.29 is 6.90 Å². The molecule has 1 atom stereocenters. The molecule has 0 bridgehead atoms. The molecule has 0 aromatic rings.